The zero-order valence-corrected chi connectivity index (χ0v) is 9.46. The van der Waals surface area contributed by atoms with Gasteiger partial charge in [-0.1, -0.05) is 0 Å². The molecule has 1 heterocycles. The van der Waals surface area contributed by atoms with Crippen molar-refractivity contribution in [2.24, 2.45) is 5.73 Å². The topological polar surface area (TPSA) is 48.0 Å². The molecule has 0 spiro atoms. The van der Waals surface area contributed by atoms with Crippen LogP contribution in [-0.2, 0) is 6.54 Å². The molecule has 0 aliphatic heterocycles. The summed E-state index contributed by atoms with van der Waals surface area (Å²) in [5, 5.41) is 0. The third-order valence-electron chi connectivity index (χ3n) is 2.77. The smallest absolute Gasteiger partial charge is 0.255 e. The van der Waals surface area contributed by atoms with Crippen molar-refractivity contribution in [1.29, 1.82) is 0 Å². The van der Waals surface area contributed by atoms with Crippen LogP contribution in [0.1, 0.15) is 30.9 Å². The molecular formula is C10H13BrN2O. The van der Waals surface area contributed by atoms with Crippen LogP contribution in [0, 0.1) is 0 Å². The van der Waals surface area contributed by atoms with E-state index in [9.17, 15) is 4.79 Å². The summed E-state index contributed by atoms with van der Waals surface area (Å²) in [5.41, 5.74) is 6.27. The molecule has 4 heteroatoms. The first kappa shape index (κ1) is 9.93. The van der Waals surface area contributed by atoms with Gasteiger partial charge in [-0.25, -0.2) is 0 Å². The summed E-state index contributed by atoms with van der Waals surface area (Å²) in [6.45, 7) is 0.311. The van der Waals surface area contributed by atoms with Gasteiger partial charge in [-0.2, -0.15) is 0 Å². The Labute approximate surface area is 91.0 Å². The van der Waals surface area contributed by atoms with Crippen molar-refractivity contribution in [2.45, 2.75) is 31.8 Å². The number of nitrogens with zero attached hydrogens (tertiary/aromatic N) is 1. The summed E-state index contributed by atoms with van der Waals surface area (Å²) in [4.78, 5) is 11.8. The first-order valence-electron chi connectivity index (χ1n) is 4.83. The maximum Gasteiger partial charge on any atom is 0.255 e. The molecule has 0 bridgehead atoms. The van der Waals surface area contributed by atoms with E-state index in [4.69, 9.17) is 5.73 Å². The molecule has 1 aromatic rings. The van der Waals surface area contributed by atoms with Crippen LogP contribution >= 0.6 is 15.9 Å². The summed E-state index contributed by atoms with van der Waals surface area (Å²) in [6, 6.07) is 2.20. The predicted octanol–water partition coefficient (Wildman–Crippen LogP) is 1.79. The Kier molecular flexibility index (Phi) is 2.74. The van der Waals surface area contributed by atoms with E-state index in [2.05, 4.69) is 15.9 Å². The van der Waals surface area contributed by atoms with Gasteiger partial charge in [0.15, 0.2) is 0 Å². The second-order valence-corrected chi connectivity index (χ2v) is 4.60. The number of hydrogen-bond donors (Lipinski definition) is 1. The van der Waals surface area contributed by atoms with Crippen molar-refractivity contribution < 1.29 is 0 Å². The summed E-state index contributed by atoms with van der Waals surface area (Å²) in [6.07, 6.45) is 5.31. The third kappa shape index (κ3) is 1.64. The second kappa shape index (κ2) is 3.87. The molecule has 1 aliphatic carbocycles. The van der Waals surface area contributed by atoms with Gasteiger partial charge in [-0.3, -0.25) is 4.79 Å². The maximum absolute atomic E-state index is 11.8. The lowest BCUT2D eigenvalue weighted by Crippen LogP contribution is -2.31. The standard InChI is InChI=1S/C10H13BrN2O/c11-8-4-7(5-12)10(14)13(6-8)9-2-1-3-9/h4,6,9H,1-3,5,12H2. The van der Waals surface area contributed by atoms with Crippen LogP contribution in [0.3, 0.4) is 0 Å². The number of hydrogen-bond acceptors (Lipinski definition) is 2. The van der Waals surface area contributed by atoms with Crippen molar-refractivity contribution in [3.8, 4) is 0 Å². The highest BCUT2D eigenvalue weighted by Gasteiger charge is 2.21. The van der Waals surface area contributed by atoms with Crippen molar-refractivity contribution in [3.63, 3.8) is 0 Å². The van der Waals surface area contributed by atoms with Gasteiger partial charge >= 0.3 is 0 Å². The Morgan fingerprint density at radius 1 is 1.57 bits per heavy atom. The lowest BCUT2D eigenvalue weighted by molar-refractivity contribution is 0.305. The largest absolute Gasteiger partial charge is 0.326 e. The zero-order valence-electron chi connectivity index (χ0n) is 7.87. The quantitative estimate of drug-likeness (QED) is 0.878. The van der Waals surface area contributed by atoms with E-state index in [1.165, 1.54) is 6.42 Å². The van der Waals surface area contributed by atoms with Crippen LogP contribution in [0.15, 0.2) is 21.5 Å². The van der Waals surface area contributed by atoms with Crippen LogP contribution in [0.4, 0.5) is 0 Å². The zero-order chi connectivity index (χ0) is 10.1. The van der Waals surface area contributed by atoms with Gasteiger partial charge in [0.2, 0.25) is 0 Å². The SMILES string of the molecule is NCc1cc(Br)cn(C2CCC2)c1=O. The molecule has 0 unspecified atom stereocenters. The van der Waals surface area contributed by atoms with Crippen molar-refractivity contribution in [1.82, 2.24) is 4.57 Å². The Morgan fingerprint density at radius 3 is 2.79 bits per heavy atom. The molecule has 1 aromatic heterocycles. The molecule has 76 valence electrons. The Hall–Kier alpha value is -0.610. The lowest BCUT2D eigenvalue weighted by atomic mass is 9.92. The highest BCUT2D eigenvalue weighted by atomic mass is 79.9. The van der Waals surface area contributed by atoms with E-state index in [1.54, 1.807) is 6.07 Å². The van der Waals surface area contributed by atoms with Gasteiger partial charge in [-0.15, -0.1) is 0 Å². The van der Waals surface area contributed by atoms with Gasteiger partial charge in [0, 0.05) is 28.8 Å². The van der Waals surface area contributed by atoms with Gasteiger partial charge in [0.25, 0.3) is 5.56 Å². The van der Waals surface area contributed by atoms with E-state index in [0.29, 0.717) is 18.2 Å². The summed E-state index contributed by atoms with van der Waals surface area (Å²) >= 11 is 3.39. The van der Waals surface area contributed by atoms with Crippen molar-refractivity contribution in [3.05, 3.63) is 32.7 Å². The summed E-state index contributed by atoms with van der Waals surface area (Å²) in [7, 11) is 0. The molecule has 0 saturated heterocycles. The molecule has 0 aromatic carbocycles. The summed E-state index contributed by atoms with van der Waals surface area (Å²) in [5.74, 6) is 0. The molecule has 2 N–H and O–H groups in total. The van der Waals surface area contributed by atoms with E-state index in [0.717, 1.165) is 17.3 Å². The lowest BCUT2D eigenvalue weighted by Gasteiger charge is -2.28. The van der Waals surface area contributed by atoms with Gasteiger partial charge in [-0.05, 0) is 41.3 Å². The monoisotopic (exact) mass is 256 g/mol. The Balaban J connectivity index is 2.47. The minimum Gasteiger partial charge on any atom is -0.326 e. The summed E-state index contributed by atoms with van der Waals surface area (Å²) < 4.78 is 2.75. The van der Waals surface area contributed by atoms with Crippen molar-refractivity contribution in [2.75, 3.05) is 0 Å². The highest BCUT2D eigenvalue weighted by Crippen LogP contribution is 2.30. The van der Waals surface area contributed by atoms with E-state index in [1.807, 2.05) is 10.8 Å². The van der Waals surface area contributed by atoms with Crippen LogP contribution in [-0.4, -0.2) is 4.57 Å². The van der Waals surface area contributed by atoms with Gasteiger partial charge in [0.05, 0.1) is 0 Å². The number of aromatic nitrogens is 1. The third-order valence-corrected chi connectivity index (χ3v) is 3.21. The van der Waals surface area contributed by atoms with Crippen LogP contribution in [0.2, 0.25) is 0 Å². The molecule has 0 atom stereocenters. The Bertz CT molecular complexity index is 396. The molecule has 1 aliphatic rings. The second-order valence-electron chi connectivity index (χ2n) is 3.68. The van der Waals surface area contributed by atoms with E-state index < -0.39 is 0 Å². The fourth-order valence-electron chi connectivity index (χ4n) is 1.71. The number of nitrogens with two attached hydrogens (primary N) is 1. The minimum atomic E-state index is 0.0698. The molecule has 2 rings (SSSR count). The molecule has 1 fully saturated rings. The fraction of sp³-hybridized carbons (Fsp3) is 0.500. The Morgan fingerprint density at radius 2 is 2.29 bits per heavy atom. The predicted molar refractivity (Wildman–Crippen MR) is 59.2 cm³/mol. The molecular weight excluding hydrogens is 244 g/mol. The fourth-order valence-corrected chi connectivity index (χ4v) is 2.20. The first-order valence-corrected chi connectivity index (χ1v) is 5.62. The van der Waals surface area contributed by atoms with E-state index in [-0.39, 0.29) is 5.56 Å². The number of pyridine rings is 1. The van der Waals surface area contributed by atoms with Crippen LogP contribution in [0.5, 0.6) is 0 Å². The average molecular weight is 257 g/mol. The van der Waals surface area contributed by atoms with Gasteiger partial charge in [0.1, 0.15) is 0 Å². The average Bonchev–Trinajstić information content (AvgIpc) is 2.07. The van der Waals surface area contributed by atoms with Gasteiger partial charge < -0.3 is 10.3 Å². The van der Waals surface area contributed by atoms with Crippen LogP contribution < -0.4 is 11.3 Å². The normalized spacial score (nSPS) is 16.7. The first-order chi connectivity index (χ1) is 6.72. The number of rotatable bonds is 2. The molecule has 0 amide bonds. The highest BCUT2D eigenvalue weighted by molar-refractivity contribution is 9.10. The maximum atomic E-state index is 11.8. The molecule has 14 heavy (non-hydrogen) atoms. The molecule has 1 saturated carbocycles. The van der Waals surface area contributed by atoms with Crippen molar-refractivity contribution >= 4 is 15.9 Å². The van der Waals surface area contributed by atoms with Crippen LogP contribution in [0.25, 0.3) is 0 Å². The molecule has 0 radical (unpaired) electrons. The molecule has 3 nitrogen and oxygen atoms in total. The number of halogens is 1. The van der Waals surface area contributed by atoms with E-state index >= 15 is 0 Å². The minimum absolute atomic E-state index is 0.0698.